The lowest BCUT2D eigenvalue weighted by molar-refractivity contribution is -0.129. The van der Waals surface area contributed by atoms with E-state index in [0.717, 1.165) is 31.8 Å². The van der Waals surface area contributed by atoms with Crippen molar-refractivity contribution >= 4 is 23.6 Å². The smallest absolute Gasteiger partial charge is 0.232 e. The Labute approximate surface area is 112 Å². The Balaban J connectivity index is 1.69. The number of hydrogen-bond acceptors (Lipinski definition) is 4. The maximum atomic E-state index is 12.0. The predicted octanol–water partition coefficient (Wildman–Crippen LogP) is 0.371. The molecule has 2 amide bonds. The lowest BCUT2D eigenvalue weighted by atomic mass is 9.99. The molecule has 0 spiro atoms. The fourth-order valence-electron chi connectivity index (χ4n) is 2.19. The third-order valence-corrected chi connectivity index (χ3v) is 4.52. The van der Waals surface area contributed by atoms with E-state index in [-0.39, 0.29) is 17.3 Å². The van der Waals surface area contributed by atoms with E-state index in [2.05, 4.69) is 17.6 Å². The number of amides is 2. The standard InChI is InChI=1S/C12H21N3O2S/c1-9-3-6-15(7-4-9)11(17)8-18-12-13-5-2-10(16)14-12/h9,12-13H,2-8H2,1H3,(H,14,16). The fourth-order valence-corrected chi connectivity index (χ4v) is 3.13. The Morgan fingerprint density at radius 3 is 2.83 bits per heavy atom. The molecule has 2 heterocycles. The molecule has 0 bridgehead atoms. The summed E-state index contributed by atoms with van der Waals surface area (Å²) in [6.07, 6.45) is 2.73. The second-order valence-electron chi connectivity index (χ2n) is 5.03. The molecule has 5 nitrogen and oxygen atoms in total. The van der Waals surface area contributed by atoms with E-state index in [0.29, 0.717) is 18.7 Å². The zero-order chi connectivity index (χ0) is 13.0. The Hall–Kier alpha value is -0.750. The minimum Gasteiger partial charge on any atom is -0.342 e. The molecule has 2 N–H and O–H groups in total. The van der Waals surface area contributed by atoms with Crippen LogP contribution in [0.4, 0.5) is 0 Å². The molecule has 0 aromatic carbocycles. The van der Waals surface area contributed by atoms with Crippen molar-refractivity contribution in [2.24, 2.45) is 5.92 Å². The summed E-state index contributed by atoms with van der Waals surface area (Å²) < 4.78 is 0. The number of rotatable bonds is 3. The molecular weight excluding hydrogens is 250 g/mol. The number of carbonyl (C=O) groups is 2. The summed E-state index contributed by atoms with van der Waals surface area (Å²) in [6, 6.07) is 0. The van der Waals surface area contributed by atoms with Crippen LogP contribution < -0.4 is 10.6 Å². The van der Waals surface area contributed by atoms with Gasteiger partial charge >= 0.3 is 0 Å². The predicted molar refractivity (Wildman–Crippen MR) is 72.0 cm³/mol. The van der Waals surface area contributed by atoms with Crippen LogP contribution in [0.5, 0.6) is 0 Å². The molecule has 0 saturated carbocycles. The van der Waals surface area contributed by atoms with Gasteiger partial charge in [0.15, 0.2) is 0 Å². The van der Waals surface area contributed by atoms with E-state index < -0.39 is 0 Å². The molecule has 6 heteroatoms. The van der Waals surface area contributed by atoms with Crippen molar-refractivity contribution in [1.82, 2.24) is 15.5 Å². The van der Waals surface area contributed by atoms with Crippen LogP contribution in [0.15, 0.2) is 0 Å². The summed E-state index contributed by atoms with van der Waals surface area (Å²) in [6.45, 7) is 4.69. The first kappa shape index (κ1) is 13.7. The van der Waals surface area contributed by atoms with Gasteiger partial charge in [-0.2, -0.15) is 0 Å². The van der Waals surface area contributed by atoms with Gasteiger partial charge in [-0.05, 0) is 18.8 Å². The van der Waals surface area contributed by atoms with Gasteiger partial charge < -0.3 is 10.2 Å². The topological polar surface area (TPSA) is 61.4 Å². The van der Waals surface area contributed by atoms with Crippen LogP contribution in [0.1, 0.15) is 26.2 Å². The average molecular weight is 271 g/mol. The van der Waals surface area contributed by atoms with Gasteiger partial charge in [-0.1, -0.05) is 6.92 Å². The van der Waals surface area contributed by atoms with Gasteiger partial charge in [0.1, 0.15) is 5.50 Å². The molecule has 2 aliphatic rings. The first-order valence-electron chi connectivity index (χ1n) is 6.57. The minimum atomic E-state index is -0.112. The number of likely N-dealkylation sites (tertiary alicyclic amines) is 1. The van der Waals surface area contributed by atoms with Crippen molar-refractivity contribution < 1.29 is 9.59 Å². The number of nitrogens with one attached hydrogen (secondary N) is 2. The van der Waals surface area contributed by atoms with E-state index in [1.807, 2.05) is 4.90 Å². The summed E-state index contributed by atoms with van der Waals surface area (Å²) in [5.41, 5.74) is -0.112. The molecular formula is C12H21N3O2S. The highest BCUT2D eigenvalue weighted by molar-refractivity contribution is 8.00. The summed E-state index contributed by atoms with van der Waals surface area (Å²) in [5.74, 6) is 1.42. The summed E-state index contributed by atoms with van der Waals surface area (Å²) in [7, 11) is 0. The average Bonchev–Trinajstić information content (AvgIpc) is 2.37. The van der Waals surface area contributed by atoms with Crippen molar-refractivity contribution in [3.63, 3.8) is 0 Å². The van der Waals surface area contributed by atoms with E-state index in [1.165, 1.54) is 11.8 Å². The lowest BCUT2D eigenvalue weighted by Gasteiger charge is -2.31. The first-order chi connectivity index (χ1) is 8.65. The number of carbonyl (C=O) groups excluding carboxylic acids is 2. The van der Waals surface area contributed by atoms with Crippen LogP contribution in [0.2, 0.25) is 0 Å². The second-order valence-corrected chi connectivity index (χ2v) is 6.12. The highest BCUT2D eigenvalue weighted by Crippen LogP contribution is 2.17. The van der Waals surface area contributed by atoms with Gasteiger partial charge in [0, 0.05) is 26.1 Å². The quantitative estimate of drug-likeness (QED) is 0.778. The number of hydrogen-bond donors (Lipinski definition) is 2. The SMILES string of the molecule is CC1CCN(C(=O)CSC2NCCC(=O)N2)CC1. The largest absolute Gasteiger partial charge is 0.342 e. The molecule has 2 rings (SSSR count). The highest BCUT2D eigenvalue weighted by Gasteiger charge is 2.23. The van der Waals surface area contributed by atoms with Crippen molar-refractivity contribution in [3.8, 4) is 0 Å². The summed E-state index contributed by atoms with van der Waals surface area (Å²) in [5, 5.41) is 6.00. The minimum absolute atomic E-state index is 0.0606. The Morgan fingerprint density at radius 2 is 2.17 bits per heavy atom. The molecule has 1 atom stereocenters. The molecule has 0 aromatic heterocycles. The zero-order valence-electron chi connectivity index (χ0n) is 10.8. The van der Waals surface area contributed by atoms with E-state index in [4.69, 9.17) is 0 Å². The highest BCUT2D eigenvalue weighted by atomic mass is 32.2. The van der Waals surface area contributed by atoms with Gasteiger partial charge in [0.25, 0.3) is 0 Å². The number of nitrogens with zero attached hydrogens (tertiary/aromatic N) is 1. The molecule has 2 fully saturated rings. The zero-order valence-corrected chi connectivity index (χ0v) is 11.6. The van der Waals surface area contributed by atoms with Crippen LogP contribution in [0.3, 0.4) is 0 Å². The number of piperidine rings is 1. The van der Waals surface area contributed by atoms with Gasteiger partial charge in [-0.3, -0.25) is 14.9 Å². The molecule has 0 aromatic rings. The van der Waals surface area contributed by atoms with Crippen molar-refractivity contribution in [2.75, 3.05) is 25.4 Å². The van der Waals surface area contributed by atoms with Gasteiger partial charge in [-0.25, -0.2) is 0 Å². The van der Waals surface area contributed by atoms with Crippen LogP contribution in [0.25, 0.3) is 0 Å². The molecule has 0 radical (unpaired) electrons. The van der Waals surface area contributed by atoms with E-state index >= 15 is 0 Å². The van der Waals surface area contributed by atoms with E-state index in [9.17, 15) is 9.59 Å². The fraction of sp³-hybridized carbons (Fsp3) is 0.833. The Morgan fingerprint density at radius 1 is 1.44 bits per heavy atom. The molecule has 1 unspecified atom stereocenters. The monoisotopic (exact) mass is 271 g/mol. The van der Waals surface area contributed by atoms with Crippen molar-refractivity contribution in [1.29, 1.82) is 0 Å². The van der Waals surface area contributed by atoms with Crippen LogP contribution >= 0.6 is 11.8 Å². The molecule has 2 saturated heterocycles. The van der Waals surface area contributed by atoms with Crippen molar-refractivity contribution in [3.05, 3.63) is 0 Å². The summed E-state index contributed by atoms with van der Waals surface area (Å²) in [4.78, 5) is 25.1. The van der Waals surface area contributed by atoms with E-state index in [1.54, 1.807) is 0 Å². The van der Waals surface area contributed by atoms with Crippen LogP contribution in [-0.2, 0) is 9.59 Å². The van der Waals surface area contributed by atoms with Crippen LogP contribution in [-0.4, -0.2) is 47.6 Å². The Bertz CT molecular complexity index is 316. The third kappa shape index (κ3) is 3.88. The normalized spacial score (nSPS) is 25.9. The molecule has 102 valence electrons. The number of thioether (sulfide) groups is 1. The van der Waals surface area contributed by atoms with Crippen LogP contribution in [0, 0.1) is 5.92 Å². The molecule has 18 heavy (non-hydrogen) atoms. The molecule has 2 aliphatic heterocycles. The lowest BCUT2D eigenvalue weighted by Crippen LogP contribution is -2.50. The van der Waals surface area contributed by atoms with Gasteiger partial charge in [0.2, 0.25) is 11.8 Å². The maximum absolute atomic E-state index is 12.0. The summed E-state index contributed by atoms with van der Waals surface area (Å²) >= 11 is 1.47. The molecule has 0 aliphatic carbocycles. The second kappa shape index (κ2) is 6.43. The van der Waals surface area contributed by atoms with Crippen molar-refractivity contribution in [2.45, 2.75) is 31.7 Å². The Kier molecular flexibility index (Phi) is 4.88. The van der Waals surface area contributed by atoms with Gasteiger partial charge in [0.05, 0.1) is 5.75 Å². The first-order valence-corrected chi connectivity index (χ1v) is 7.62. The van der Waals surface area contributed by atoms with Gasteiger partial charge in [-0.15, -0.1) is 11.8 Å². The maximum Gasteiger partial charge on any atom is 0.232 e. The third-order valence-electron chi connectivity index (χ3n) is 3.48.